The zero-order chi connectivity index (χ0) is 18.8. The Bertz CT molecular complexity index is 575. The molecule has 8 nitrogen and oxygen atoms in total. The van der Waals surface area contributed by atoms with Crippen molar-refractivity contribution in [3.8, 4) is 0 Å². The largest absolute Gasteiger partial charge is 0.354 e. The molecule has 1 aliphatic heterocycles. The summed E-state index contributed by atoms with van der Waals surface area (Å²) in [6.07, 6.45) is 6.92. The molecule has 1 fully saturated rings. The second-order valence-electron chi connectivity index (χ2n) is 6.79. The zero-order valence-corrected chi connectivity index (χ0v) is 15.7. The van der Waals surface area contributed by atoms with Gasteiger partial charge in [-0.25, -0.2) is 0 Å². The molecule has 2 rings (SSSR count). The number of likely N-dealkylation sites (tertiary alicyclic amines) is 1. The van der Waals surface area contributed by atoms with Crippen molar-refractivity contribution in [1.82, 2.24) is 20.4 Å². The lowest BCUT2D eigenvalue weighted by molar-refractivity contribution is -0.135. The summed E-state index contributed by atoms with van der Waals surface area (Å²) in [5, 5.41) is 6.82. The number of nitrogens with one attached hydrogen (secondary N) is 1. The second kappa shape index (κ2) is 10.9. The number of aryl methyl sites for hydroxylation is 2. The number of aromatic nitrogens is 2. The highest BCUT2D eigenvalue weighted by molar-refractivity contribution is 5.77. The molecule has 1 aromatic heterocycles. The number of amides is 2. The SMILES string of the molecule is CCCc1noc(CCCC(=O)N2CCCCC2CNC(=O)CCN)n1. The average molecular weight is 365 g/mol. The number of hydrogen-bond acceptors (Lipinski definition) is 6. The van der Waals surface area contributed by atoms with Crippen LogP contribution in [-0.2, 0) is 22.4 Å². The fraction of sp³-hybridized carbons (Fsp3) is 0.778. The van der Waals surface area contributed by atoms with E-state index in [2.05, 4.69) is 22.4 Å². The second-order valence-corrected chi connectivity index (χ2v) is 6.79. The number of rotatable bonds is 10. The van der Waals surface area contributed by atoms with Crippen molar-refractivity contribution in [2.24, 2.45) is 5.73 Å². The molecule has 8 heteroatoms. The van der Waals surface area contributed by atoms with Crippen LogP contribution >= 0.6 is 0 Å². The summed E-state index contributed by atoms with van der Waals surface area (Å²) in [4.78, 5) is 30.5. The monoisotopic (exact) mass is 365 g/mol. The van der Waals surface area contributed by atoms with Crippen molar-refractivity contribution in [3.05, 3.63) is 11.7 Å². The first kappa shape index (κ1) is 20.4. The van der Waals surface area contributed by atoms with Crippen LogP contribution in [0, 0.1) is 0 Å². The first-order valence-electron chi connectivity index (χ1n) is 9.71. The molecule has 1 saturated heterocycles. The third kappa shape index (κ3) is 6.40. The van der Waals surface area contributed by atoms with Crippen LogP contribution in [0.2, 0.25) is 0 Å². The van der Waals surface area contributed by atoms with E-state index in [4.69, 9.17) is 10.3 Å². The van der Waals surface area contributed by atoms with Gasteiger partial charge in [-0.3, -0.25) is 9.59 Å². The van der Waals surface area contributed by atoms with Crippen LogP contribution < -0.4 is 11.1 Å². The number of piperidine rings is 1. The van der Waals surface area contributed by atoms with E-state index < -0.39 is 0 Å². The summed E-state index contributed by atoms with van der Waals surface area (Å²) >= 11 is 0. The maximum Gasteiger partial charge on any atom is 0.226 e. The summed E-state index contributed by atoms with van der Waals surface area (Å²) in [6.45, 7) is 3.68. The van der Waals surface area contributed by atoms with E-state index in [9.17, 15) is 9.59 Å². The van der Waals surface area contributed by atoms with Crippen molar-refractivity contribution < 1.29 is 14.1 Å². The van der Waals surface area contributed by atoms with Crippen molar-refractivity contribution >= 4 is 11.8 Å². The van der Waals surface area contributed by atoms with Crippen LogP contribution in [-0.4, -0.2) is 52.5 Å². The minimum Gasteiger partial charge on any atom is -0.354 e. The topological polar surface area (TPSA) is 114 Å². The van der Waals surface area contributed by atoms with Crippen LogP contribution in [0.15, 0.2) is 4.52 Å². The predicted octanol–water partition coefficient (Wildman–Crippen LogP) is 1.19. The van der Waals surface area contributed by atoms with Crippen molar-refractivity contribution in [1.29, 1.82) is 0 Å². The Hall–Kier alpha value is -1.96. The zero-order valence-electron chi connectivity index (χ0n) is 15.7. The Morgan fingerprint density at radius 2 is 2.15 bits per heavy atom. The van der Waals surface area contributed by atoms with Gasteiger partial charge in [0, 0.05) is 51.4 Å². The predicted molar refractivity (Wildman–Crippen MR) is 97.3 cm³/mol. The van der Waals surface area contributed by atoms with Crippen molar-refractivity contribution in [3.63, 3.8) is 0 Å². The number of nitrogens with two attached hydrogens (primary N) is 1. The first-order valence-corrected chi connectivity index (χ1v) is 9.71. The molecule has 1 aromatic rings. The van der Waals surface area contributed by atoms with Crippen LogP contribution in [0.4, 0.5) is 0 Å². The van der Waals surface area contributed by atoms with Crippen LogP contribution in [0.25, 0.3) is 0 Å². The van der Waals surface area contributed by atoms with Gasteiger partial charge in [0.2, 0.25) is 17.7 Å². The van der Waals surface area contributed by atoms with Gasteiger partial charge in [0.1, 0.15) is 0 Å². The average Bonchev–Trinajstić information content (AvgIpc) is 3.08. The maximum atomic E-state index is 12.6. The molecule has 26 heavy (non-hydrogen) atoms. The van der Waals surface area contributed by atoms with Gasteiger partial charge in [-0.15, -0.1) is 0 Å². The molecular weight excluding hydrogens is 334 g/mol. The maximum absolute atomic E-state index is 12.6. The Morgan fingerprint density at radius 1 is 1.31 bits per heavy atom. The molecular formula is C18H31N5O3. The van der Waals surface area contributed by atoms with Gasteiger partial charge in [0.15, 0.2) is 5.82 Å². The summed E-state index contributed by atoms with van der Waals surface area (Å²) in [5.41, 5.74) is 5.39. The molecule has 1 unspecified atom stereocenters. The molecule has 0 aromatic carbocycles. The normalized spacial score (nSPS) is 17.3. The van der Waals surface area contributed by atoms with Crippen molar-refractivity contribution in [2.75, 3.05) is 19.6 Å². The number of carbonyl (C=O) groups is 2. The highest BCUT2D eigenvalue weighted by Crippen LogP contribution is 2.18. The first-order chi connectivity index (χ1) is 12.6. The van der Waals surface area contributed by atoms with E-state index >= 15 is 0 Å². The third-order valence-electron chi connectivity index (χ3n) is 4.62. The highest BCUT2D eigenvalue weighted by Gasteiger charge is 2.26. The molecule has 0 spiro atoms. The lowest BCUT2D eigenvalue weighted by Crippen LogP contribution is -2.49. The summed E-state index contributed by atoms with van der Waals surface area (Å²) in [7, 11) is 0. The Morgan fingerprint density at radius 3 is 2.92 bits per heavy atom. The Balaban J connectivity index is 1.76. The van der Waals surface area contributed by atoms with E-state index in [1.807, 2.05) is 4.90 Å². The smallest absolute Gasteiger partial charge is 0.226 e. The molecule has 146 valence electrons. The standard InChI is InChI=1S/C18H31N5O3/c1-2-6-15-21-17(26-22-15)8-5-9-18(25)23-12-4-3-7-14(23)13-20-16(24)10-11-19/h14H,2-13,19H2,1H3,(H,20,24). The molecule has 2 heterocycles. The van der Waals surface area contributed by atoms with Gasteiger partial charge >= 0.3 is 0 Å². The van der Waals surface area contributed by atoms with Gasteiger partial charge in [-0.1, -0.05) is 12.1 Å². The van der Waals surface area contributed by atoms with Gasteiger partial charge in [-0.05, 0) is 32.1 Å². The molecule has 0 aliphatic carbocycles. The fourth-order valence-electron chi connectivity index (χ4n) is 3.24. The number of carbonyl (C=O) groups excluding carboxylic acids is 2. The molecule has 0 radical (unpaired) electrons. The molecule has 1 aliphatic rings. The van der Waals surface area contributed by atoms with Crippen LogP contribution in [0.3, 0.4) is 0 Å². The summed E-state index contributed by atoms with van der Waals surface area (Å²) < 4.78 is 5.21. The quantitative estimate of drug-likeness (QED) is 0.644. The molecule has 3 N–H and O–H groups in total. The number of hydrogen-bond donors (Lipinski definition) is 2. The minimum absolute atomic E-state index is 0.0512. The number of nitrogens with zero attached hydrogens (tertiary/aromatic N) is 3. The third-order valence-corrected chi connectivity index (χ3v) is 4.62. The molecule has 2 amide bonds. The Labute approximate surface area is 154 Å². The fourth-order valence-corrected chi connectivity index (χ4v) is 3.24. The van der Waals surface area contributed by atoms with E-state index in [0.29, 0.717) is 44.7 Å². The summed E-state index contributed by atoms with van der Waals surface area (Å²) in [6, 6.07) is 0.0811. The van der Waals surface area contributed by atoms with Gasteiger partial charge in [0.05, 0.1) is 0 Å². The van der Waals surface area contributed by atoms with Gasteiger partial charge in [-0.2, -0.15) is 4.98 Å². The summed E-state index contributed by atoms with van der Waals surface area (Å²) in [5.74, 6) is 1.42. The van der Waals surface area contributed by atoms with Gasteiger partial charge < -0.3 is 20.5 Å². The lowest BCUT2D eigenvalue weighted by Gasteiger charge is -2.36. The van der Waals surface area contributed by atoms with E-state index in [0.717, 1.165) is 44.5 Å². The van der Waals surface area contributed by atoms with Crippen molar-refractivity contribution in [2.45, 2.75) is 70.8 Å². The minimum atomic E-state index is -0.0512. The highest BCUT2D eigenvalue weighted by atomic mass is 16.5. The van der Waals surface area contributed by atoms with E-state index in [-0.39, 0.29) is 17.9 Å². The Kier molecular flexibility index (Phi) is 8.53. The van der Waals surface area contributed by atoms with E-state index in [1.165, 1.54) is 0 Å². The lowest BCUT2D eigenvalue weighted by atomic mass is 10.0. The molecule has 0 bridgehead atoms. The van der Waals surface area contributed by atoms with Crippen LogP contribution in [0.1, 0.15) is 63.6 Å². The van der Waals surface area contributed by atoms with Crippen LogP contribution in [0.5, 0.6) is 0 Å². The molecule has 1 atom stereocenters. The van der Waals surface area contributed by atoms with E-state index in [1.54, 1.807) is 0 Å². The molecule has 0 saturated carbocycles. The van der Waals surface area contributed by atoms with Gasteiger partial charge in [0.25, 0.3) is 0 Å².